The summed E-state index contributed by atoms with van der Waals surface area (Å²) in [6.07, 6.45) is -0.719. The van der Waals surface area contributed by atoms with Crippen LogP contribution in [0.5, 0.6) is 0 Å². The standard InChI is InChI=1S/C12H14N4O3/c1-3-19-12(18)15-16-7(2)14-9-6-4-5-8(13)10(9)11(16)17/h4-6H,3,13H2,1-2H3,(H,15,18). The number of nitrogens with one attached hydrogen (secondary N) is 1. The summed E-state index contributed by atoms with van der Waals surface area (Å²) in [7, 11) is 0. The number of hydrogen-bond donors (Lipinski definition) is 2. The molecule has 0 fully saturated rings. The van der Waals surface area contributed by atoms with Gasteiger partial charge in [-0.25, -0.2) is 15.2 Å². The Bertz CT molecular complexity index is 693. The first-order valence-corrected chi connectivity index (χ1v) is 5.76. The number of hydrogen-bond acceptors (Lipinski definition) is 5. The van der Waals surface area contributed by atoms with Gasteiger partial charge in [0.1, 0.15) is 5.82 Å². The van der Waals surface area contributed by atoms with E-state index in [-0.39, 0.29) is 12.0 Å². The lowest BCUT2D eigenvalue weighted by molar-refractivity contribution is 0.164. The Kier molecular flexibility index (Phi) is 3.37. The van der Waals surface area contributed by atoms with E-state index in [4.69, 9.17) is 10.5 Å². The lowest BCUT2D eigenvalue weighted by Crippen LogP contribution is -2.36. The van der Waals surface area contributed by atoms with Crippen molar-refractivity contribution in [2.75, 3.05) is 17.8 Å². The summed E-state index contributed by atoms with van der Waals surface area (Å²) >= 11 is 0. The molecule has 0 aliphatic carbocycles. The molecule has 7 nitrogen and oxygen atoms in total. The highest BCUT2D eigenvalue weighted by molar-refractivity contribution is 5.89. The quantitative estimate of drug-likeness (QED) is 0.786. The summed E-state index contributed by atoms with van der Waals surface area (Å²) in [6, 6.07) is 5.01. The normalized spacial score (nSPS) is 10.4. The van der Waals surface area contributed by atoms with Crippen molar-refractivity contribution in [1.29, 1.82) is 0 Å². The molecule has 2 rings (SSSR count). The molecule has 0 unspecified atom stereocenters. The highest BCUT2D eigenvalue weighted by atomic mass is 16.6. The highest BCUT2D eigenvalue weighted by Gasteiger charge is 2.12. The predicted molar refractivity (Wildman–Crippen MR) is 71.5 cm³/mol. The number of carbonyl (C=O) groups excluding carboxylic acids is 1. The van der Waals surface area contributed by atoms with E-state index in [0.717, 1.165) is 4.68 Å². The van der Waals surface area contributed by atoms with Crippen LogP contribution in [-0.4, -0.2) is 22.4 Å². The Morgan fingerprint density at radius 3 is 2.95 bits per heavy atom. The third-order valence-electron chi connectivity index (χ3n) is 2.58. The number of fused-ring (bicyclic) bond motifs is 1. The number of carbonyl (C=O) groups is 1. The molecule has 0 radical (unpaired) electrons. The maximum absolute atomic E-state index is 12.3. The number of rotatable bonds is 2. The van der Waals surface area contributed by atoms with Crippen molar-refractivity contribution in [1.82, 2.24) is 9.66 Å². The fraction of sp³-hybridized carbons (Fsp3) is 0.250. The van der Waals surface area contributed by atoms with E-state index in [9.17, 15) is 9.59 Å². The lowest BCUT2D eigenvalue weighted by Gasteiger charge is -2.12. The summed E-state index contributed by atoms with van der Waals surface area (Å²) in [5, 5.41) is 0.268. The largest absolute Gasteiger partial charge is 0.449 e. The van der Waals surface area contributed by atoms with Gasteiger partial charge in [0.2, 0.25) is 0 Å². The smallest absolute Gasteiger partial charge is 0.426 e. The molecule has 0 aliphatic rings. The van der Waals surface area contributed by atoms with Crippen molar-refractivity contribution in [3.05, 3.63) is 34.4 Å². The number of aryl methyl sites for hydroxylation is 1. The lowest BCUT2D eigenvalue weighted by atomic mass is 10.2. The van der Waals surface area contributed by atoms with Gasteiger partial charge in [-0.05, 0) is 26.0 Å². The number of nitrogens with two attached hydrogens (primary N) is 1. The Balaban J connectivity index is 2.59. The first-order chi connectivity index (χ1) is 9.04. The Labute approximate surface area is 109 Å². The minimum atomic E-state index is -0.719. The maximum Gasteiger partial charge on any atom is 0.426 e. The van der Waals surface area contributed by atoms with Crippen molar-refractivity contribution in [3.63, 3.8) is 0 Å². The zero-order chi connectivity index (χ0) is 14.0. The minimum Gasteiger partial charge on any atom is -0.449 e. The SMILES string of the molecule is CCOC(=O)Nn1c(C)nc2cccc(N)c2c1=O. The maximum atomic E-state index is 12.3. The molecule has 0 spiro atoms. The monoisotopic (exact) mass is 262 g/mol. The Morgan fingerprint density at radius 1 is 1.53 bits per heavy atom. The van der Waals surface area contributed by atoms with E-state index < -0.39 is 11.7 Å². The van der Waals surface area contributed by atoms with Gasteiger partial charge in [0.05, 0.1) is 17.5 Å². The van der Waals surface area contributed by atoms with Gasteiger partial charge in [0, 0.05) is 5.69 Å². The van der Waals surface area contributed by atoms with Gasteiger partial charge in [-0.15, -0.1) is 0 Å². The Morgan fingerprint density at radius 2 is 2.26 bits per heavy atom. The fourth-order valence-corrected chi connectivity index (χ4v) is 1.75. The molecule has 0 saturated heterocycles. The van der Waals surface area contributed by atoms with Gasteiger partial charge in [-0.3, -0.25) is 4.79 Å². The molecule has 19 heavy (non-hydrogen) atoms. The first kappa shape index (κ1) is 12.9. The van der Waals surface area contributed by atoms with Crippen molar-refractivity contribution >= 4 is 22.7 Å². The van der Waals surface area contributed by atoms with Crippen LogP contribution in [-0.2, 0) is 4.74 Å². The van der Waals surface area contributed by atoms with Crippen LogP contribution >= 0.6 is 0 Å². The molecule has 7 heteroatoms. The van der Waals surface area contributed by atoms with Crippen molar-refractivity contribution in [3.8, 4) is 0 Å². The summed E-state index contributed by atoms with van der Waals surface area (Å²) in [5.74, 6) is 0.344. The zero-order valence-corrected chi connectivity index (χ0v) is 10.6. The van der Waals surface area contributed by atoms with E-state index >= 15 is 0 Å². The Hall–Kier alpha value is -2.57. The molecule has 2 aromatic rings. The molecule has 0 atom stereocenters. The van der Waals surface area contributed by atoms with Crippen molar-refractivity contribution in [2.24, 2.45) is 0 Å². The molecule has 1 aromatic carbocycles. The summed E-state index contributed by atoms with van der Waals surface area (Å²) in [5.41, 5.74) is 8.46. The molecule has 1 heterocycles. The number of anilines is 1. The molecular formula is C12H14N4O3. The van der Waals surface area contributed by atoms with Gasteiger partial charge >= 0.3 is 6.09 Å². The van der Waals surface area contributed by atoms with Crippen LogP contribution in [0.1, 0.15) is 12.7 Å². The van der Waals surface area contributed by atoms with E-state index in [1.165, 1.54) is 0 Å². The van der Waals surface area contributed by atoms with Gasteiger partial charge < -0.3 is 10.5 Å². The molecule has 1 aromatic heterocycles. The average Bonchev–Trinajstić information content (AvgIpc) is 2.34. The van der Waals surface area contributed by atoms with Crippen LogP contribution in [0, 0.1) is 6.92 Å². The molecule has 0 saturated carbocycles. The average molecular weight is 262 g/mol. The second-order valence-electron chi connectivity index (χ2n) is 3.87. The van der Waals surface area contributed by atoms with Crippen LogP contribution in [0.15, 0.2) is 23.0 Å². The van der Waals surface area contributed by atoms with Gasteiger partial charge in [-0.1, -0.05) is 6.07 Å². The number of ether oxygens (including phenoxy) is 1. The number of nitrogens with zero attached hydrogens (tertiary/aromatic N) is 2. The number of amides is 1. The van der Waals surface area contributed by atoms with Crippen LogP contribution in [0.4, 0.5) is 10.5 Å². The van der Waals surface area contributed by atoms with E-state index in [0.29, 0.717) is 17.0 Å². The third-order valence-corrected chi connectivity index (χ3v) is 2.58. The summed E-state index contributed by atoms with van der Waals surface area (Å²) in [4.78, 5) is 27.9. The third kappa shape index (κ3) is 2.35. The van der Waals surface area contributed by atoms with Gasteiger partial charge in [-0.2, -0.15) is 4.68 Å². The van der Waals surface area contributed by atoms with Crippen LogP contribution in [0.25, 0.3) is 10.9 Å². The number of nitrogen functional groups attached to an aromatic ring is 1. The number of benzene rings is 1. The fourth-order valence-electron chi connectivity index (χ4n) is 1.75. The number of aromatic nitrogens is 2. The topological polar surface area (TPSA) is 99.2 Å². The van der Waals surface area contributed by atoms with Crippen LogP contribution in [0.2, 0.25) is 0 Å². The van der Waals surface area contributed by atoms with Gasteiger partial charge in [0.15, 0.2) is 0 Å². The molecule has 0 aliphatic heterocycles. The summed E-state index contributed by atoms with van der Waals surface area (Å²) < 4.78 is 5.75. The van der Waals surface area contributed by atoms with Crippen molar-refractivity contribution in [2.45, 2.75) is 13.8 Å². The highest BCUT2D eigenvalue weighted by Crippen LogP contribution is 2.14. The minimum absolute atomic E-state index is 0.211. The van der Waals surface area contributed by atoms with Crippen molar-refractivity contribution < 1.29 is 9.53 Å². The molecule has 0 bridgehead atoms. The van der Waals surface area contributed by atoms with E-state index in [1.54, 1.807) is 32.0 Å². The van der Waals surface area contributed by atoms with E-state index in [1.807, 2.05) is 0 Å². The van der Waals surface area contributed by atoms with Crippen LogP contribution in [0.3, 0.4) is 0 Å². The molecular weight excluding hydrogens is 248 g/mol. The second kappa shape index (κ2) is 4.97. The van der Waals surface area contributed by atoms with Gasteiger partial charge in [0.25, 0.3) is 5.56 Å². The predicted octanol–water partition coefficient (Wildman–Crippen LogP) is 0.987. The second-order valence-corrected chi connectivity index (χ2v) is 3.87. The molecule has 1 amide bonds. The molecule has 3 N–H and O–H groups in total. The molecule has 100 valence electrons. The van der Waals surface area contributed by atoms with E-state index in [2.05, 4.69) is 10.4 Å². The first-order valence-electron chi connectivity index (χ1n) is 5.76. The summed E-state index contributed by atoms with van der Waals surface area (Å²) in [6.45, 7) is 3.49. The van der Waals surface area contributed by atoms with Crippen LogP contribution < -0.4 is 16.7 Å². The zero-order valence-electron chi connectivity index (χ0n) is 10.6.